The van der Waals surface area contributed by atoms with Crippen LogP contribution in [0.25, 0.3) is 0 Å². The smallest absolute Gasteiger partial charge is 0.271 e. The van der Waals surface area contributed by atoms with E-state index in [1.54, 1.807) is 19.1 Å². The molecule has 116 valence electrons. The van der Waals surface area contributed by atoms with Gasteiger partial charge in [0, 0.05) is 5.92 Å². The summed E-state index contributed by atoms with van der Waals surface area (Å²) in [6.07, 6.45) is 0. The molecule has 3 aliphatic heterocycles. The monoisotopic (exact) mass is 307 g/mol. The van der Waals surface area contributed by atoms with Crippen LogP contribution in [-0.2, 0) is 19.9 Å². The third-order valence-corrected chi connectivity index (χ3v) is 5.17. The largest absolute Gasteiger partial charge is 0.343 e. The summed E-state index contributed by atoms with van der Waals surface area (Å²) in [6.45, 7) is 3.68. The number of amides is 2. The van der Waals surface area contributed by atoms with Gasteiger partial charge in [0.15, 0.2) is 11.2 Å². The van der Waals surface area contributed by atoms with Crippen LogP contribution in [0.1, 0.15) is 19.4 Å². The van der Waals surface area contributed by atoms with Crippen LogP contribution in [0, 0.1) is 5.92 Å². The summed E-state index contributed by atoms with van der Waals surface area (Å²) in [6, 6.07) is 18.5. The molecule has 3 atom stereocenters. The van der Waals surface area contributed by atoms with Gasteiger partial charge in [0.25, 0.3) is 11.8 Å². The molecule has 0 unspecified atom stereocenters. The van der Waals surface area contributed by atoms with Gasteiger partial charge in [-0.05, 0) is 24.6 Å². The van der Waals surface area contributed by atoms with E-state index in [9.17, 15) is 9.59 Å². The van der Waals surface area contributed by atoms with Crippen LogP contribution in [0.3, 0.4) is 0 Å². The first-order valence-corrected chi connectivity index (χ1v) is 7.71. The molecule has 2 amide bonds. The summed E-state index contributed by atoms with van der Waals surface area (Å²) in [7, 11) is 0. The van der Waals surface area contributed by atoms with Gasteiger partial charge in [-0.15, -0.1) is 0 Å². The van der Waals surface area contributed by atoms with Gasteiger partial charge >= 0.3 is 0 Å². The summed E-state index contributed by atoms with van der Waals surface area (Å²) in [5.41, 5.74) is -0.674. The Morgan fingerprint density at radius 3 is 2.04 bits per heavy atom. The number of fused-ring (bicyclic) bond motifs is 2. The van der Waals surface area contributed by atoms with Crippen molar-refractivity contribution >= 4 is 17.5 Å². The topological polar surface area (TPSA) is 46.6 Å². The summed E-state index contributed by atoms with van der Waals surface area (Å²) in [5, 5.41) is 0. The van der Waals surface area contributed by atoms with Crippen LogP contribution >= 0.6 is 0 Å². The molecule has 5 rings (SSSR count). The second-order valence-electron chi connectivity index (χ2n) is 6.31. The van der Waals surface area contributed by atoms with Crippen molar-refractivity contribution in [3.05, 3.63) is 66.2 Å². The first-order chi connectivity index (χ1) is 11.0. The standard InChI is InChI=1S/C19H17NO3/c1-13-18(2)16(21)20(15-11-7-4-8-12-15)17(22)19(13,23-18)14-9-5-3-6-10-14/h3-13H,1-2H3/t13-,18+,19+/m0/s1. The molecule has 0 aliphatic carbocycles. The van der Waals surface area contributed by atoms with E-state index >= 15 is 0 Å². The number of carbonyl (C=O) groups is 2. The van der Waals surface area contributed by atoms with E-state index in [1.165, 1.54) is 4.90 Å². The summed E-state index contributed by atoms with van der Waals surface area (Å²) >= 11 is 0. The fraction of sp³-hybridized carbons (Fsp3) is 0.263. The molecule has 0 radical (unpaired) electrons. The predicted octanol–water partition coefficient (Wildman–Crippen LogP) is 2.88. The van der Waals surface area contributed by atoms with Gasteiger partial charge in [-0.25, -0.2) is 4.90 Å². The average Bonchev–Trinajstić information content (AvgIpc) is 2.59. The van der Waals surface area contributed by atoms with Crippen LogP contribution in [0.4, 0.5) is 5.69 Å². The van der Waals surface area contributed by atoms with Crippen molar-refractivity contribution in [1.82, 2.24) is 0 Å². The van der Waals surface area contributed by atoms with E-state index in [1.807, 2.05) is 55.5 Å². The van der Waals surface area contributed by atoms with Crippen LogP contribution in [0.15, 0.2) is 60.7 Å². The number of anilines is 1. The van der Waals surface area contributed by atoms with Gasteiger partial charge in [0.1, 0.15) is 0 Å². The Kier molecular flexibility index (Phi) is 2.78. The van der Waals surface area contributed by atoms with Crippen LogP contribution < -0.4 is 4.90 Å². The minimum atomic E-state index is -1.08. The second-order valence-corrected chi connectivity index (χ2v) is 6.31. The van der Waals surface area contributed by atoms with E-state index < -0.39 is 11.2 Å². The van der Waals surface area contributed by atoms with Crippen molar-refractivity contribution in [2.75, 3.05) is 4.90 Å². The predicted molar refractivity (Wildman–Crippen MR) is 85.7 cm³/mol. The second kappa shape index (κ2) is 4.52. The van der Waals surface area contributed by atoms with Gasteiger partial charge in [-0.2, -0.15) is 0 Å². The quantitative estimate of drug-likeness (QED) is 0.802. The zero-order chi connectivity index (χ0) is 16.2. The number of ether oxygens (including phenoxy) is 1. The van der Waals surface area contributed by atoms with E-state index in [0.717, 1.165) is 5.56 Å². The number of nitrogens with zero attached hydrogens (tertiary/aromatic N) is 1. The van der Waals surface area contributed by atoms with E-state index in [2.05, 4.69) is 0 Å². The van der Waals surface area contributed by atoms with Crippen molar-refractivity contribution in [2.45, 2.75) is 25.0 Å². The number of hydrogen-bond acceptors (Lipinski definition) is 3. The number of morpholine rings is 1. The number of imide groups is 1. The van der Waals surface area contributed by atoms with Crippen molar-refractivity contribution in [3.63, 3.8) is 0 Å². The lowest BCUT2D eigenvalue weighted by molar-refractivity contribution is -0.298. The Morgan fingerprint density at radius 2 is 1.48 bits per heavy atom. The third kappa shape index (κ3) is 1.59. The van der Waals surface area contributed by atoms with Gasteiger partial charge < -0.3 is 4.74 Å². The van der Waals surface area contributed by atoms with Gasteiger partial charge in [0.05, 0.1) is 5.69 Å². The maximum atomic E-state index is 13.2. The normalized spacial score (nSPS) is 32.6. The molecule has 3 saturated heterocycles. The highest BCUT2D eigenvalue weighted by molar-refractivity contribution is 6.24. The van der Waals surface area contributed by atoms with E-state index in [4.69, 9.17) is 4.74 Å². The fourth-order valence-corrected chi connectivity index (χ4v) is 3.71. The molecule has 3 fully saturated rings. The Bertz CT molecular complexity index is 789. The summed E-state index contributed by atoms with van der Waals surface area (Å²) in [5.74, 6) is -0.813. The lowest BCUT2D eigenvalue weighted by Gasteiger charge is -2.63. The molecule has 3 heterocycles. The fourth-order valence-electron chi connectivity index (χ4n) is 3.71. The molecular formula is C19H17NO3. The Balaban J connectivity index is 1.87. The molecular weight excluding hydrogens is 290 g/mol. The van der Waals surface area contributed by atoms with Crippen LogP contribution in [-0.4, -0.2) is 17.4 Å². The molecule has 2 bridgehead atoms. The minimum Gasteiger partial charge on any atom is -0.343 e. The number of piperidine rings is 1. The Hall–Kier alpha value is -2.46. The Labute approximate surface area is 134 Å². The number of rotatable bonds is 2. The molecule has 0 N–H and O–H groups in total. The molecule has 0 aromatic heterocycles. The maximum absolute atomic E-state index is 13.2. The van der Waals surface area contributed by atoms with Crippen LogP contribution in [0.5, 0.6) is 0 Å². The molecule has 2 aromatic carbocycles. The molecule has 0 saturated carbocycles. The number of benzene rings is 2. The van der Waals surface area contributed by atoms with Crippen LogP contribution in [0.2, 0.25) is 0 Å². The SMILES string of the molecule is C[C@H]1[C@@]2(C)O[C@]1(c1ccccc1)C(=O)N(c1ccccc1)C2=O. The minimum absolute atomic E-state index is 0.211. The van der Waals surface area contributed by atoms with Gasteiger partial charge in [-0.3, -0.25) is 9.59 Å². The number of carbonyl (C=O) groups excluding carboxylic acids is 2. The van der Waals surface area contributed by atoms with Crippen molar-refractivity contribution in [2.24, 2.45) is 5.92 Å². The zero-order valence-corrected chi connectivity index (χ0v) is 13.0. The third-order valence-electron chi connectivity index (χ3n) is 5.17. The molecule has 4 heteroatoms. The van der Waals surface area contributed by atoms with E-state index in [-0.39, 0.29) is 17.7 Å². The highest BCUT2D eigenvalue weighted by Gasteiger charge is 2.75. The lowest BCUT2D eigenvalue weighted by atomic mass is 9.62. The van der Waals surface area contributed by atoms with Gasteiger partial charge in [-0.1, -0.05) is 55.5 Å². The van der Waals surface area contributed by atoms with Gasteiger partial charge in [0.2, 0.25) is 0 Å². The van der Waals surface area contributed by atoms with Crippen molar-refractivity contribution in [1.29, 1.82) is 0 Å². The lowest BCUT2D eigenvalue weighted by Crippen LogP contribution is -2.81. The molecule has 4 nitrogen and oxygen atoms in total. The maximum Gasteiger partial charge on any atom is 0.271 e. The highest BCUT2D eigenvalue weighted by Crippen LogP contribution is 2.58. The number of hydrogen-bond donors (Lipinski definition) is 0. The summed E-state index contributed by atoms with van der Waals surface area (Å²) in [4.78, 5) is 27.4. The van der Waals surface area contributed by atoms with E-state index in [0.29, 0.717) is 5.69 Å². The molecule has 0 spiro atoms. The average molecular weight is 307 g/mol. The molecule has 23 heavy (non-hydrogen) atoms. The number of para-hydroxylation sites is 1. The van der Waals surface area contributed by atoms with Crippen molar-refractivity contribution in [3.8, 4) is 0 Å². The molecule has 2 aromatic rings. The summed E-state index contributed by atoms with van der Waals surface area (Å²) < 4.78 is 5.98. The van der Waals surface area contributed by atoms with Crippen molar-refractivity contribution < 1.29 is 14.3 Å². The highest BCUT2D eigenvalue weighted by atomic mass is 16.6. The first kappa shape index (κ1) is 14.2. The molecule has 3 aliphatic rings. The zero-order valence-electron chi connectivity index (χ0n) is 13.0. The first-order valence-electron chi connectivity index (χ1n) is 7.71. The Morgan fingerprint density at radius 1 is 0.913 bits per heavy atom.